The smallest absolute Gasteiger partial charge is 0.229 e. The van der Waals surface area contributed by atoms with Gasteiger partial charge in [-0.2, -0.15) is 4.98 Å². The molecule has 2 aromatic heterocycles. The molecular weight excluding hydrogens is 532 g/mol. The Morgan fingerprint density at radius 3 is 2.32 bits per heavy atom. The van der Waals surface area contributed by atoms with Gasteiger partial charge in [0, 0.05) is 23.0 Å². The zero-order valence-corrected chi connectivity index (χ0v) is 23.6. The molecule has 0 amide bonds. The highest BCUT2D eigenvalue weighted by molar-refractivity contribution is 7.87. The molecule has 3 N–H and O–H groups in total. The first-order chi connectivity index (χ1) is 17.9. The Kier molecular flexibility index (Phi) is 8.49. The highest BCUT2D eigenvalue weighted by atomic mass is 35.5. The van der Waals surface area contributed by atoms with Crippen LogP contribution in [0.5, 0.6) is 0 Å². The Morgan fingerprint density at radius 1 is 1.03 bits per heavy atom. The summed E-state index contributed by atoms with van der Waals surface area (Å²) >= 11 is 6.20. The molecule has 1 aliphatic heterocycles. The fourth-order valence-corrected chi connectivity index (χ4v) is 4.95. The average Bonchev–Trinajstić information content (AvgIpc) is 2.83. The van der Waals surface area contributed by atoms with Gasteiger partial charge in [0.2, 0.25) is 5.95 Å². The first-order valence-corrected chi connectivity index (χ1v) is 13.8. The zero-order chi connectivity index (χ0) is 27.6. The number of hydrogen-bond donors (Lipinski definition) is 3. The maximum absolute atomic E-state index is 15.0. The minimum atomic E-state index is -1.39. The van der Waals surface area contributed by atoms with Crippen molar-refractivity contribution < 1.29 is 13.0 Å². The van der Waals surface area contributed by atoms with Gasteiger partial charge in [-0.1, -0.05) is 11.6 Å². The summed E-state index contributed by atoms with van der Waals surface area (Å²) in [7, 11) is 0.615. The van der Waals surface area contributed by atoms with E-state index in [0.717, 1.165) is 31.5 Å². The molecular formula is C26H32ClF2N7OS. The largest absolute Gasteiger partial charge is 0.339 e. The molecule has 38 heavy (non-hydrogen) atoms. The molecule has 0 spiro atoms. The molecule has 3 heterocycles. The molecule has 0 bridgehead atoms. The van der Waals surface area contributed by atoms with E-state index in [-0.39, 0.29) is 28.3 Å². The minimum absolute atomic E-state index is 0.139. The molecule has 0 radical (unpaired) electrons. The molecule has 1 atom stereocenters. The molecule has 1 fully saturated rings. The van der Waals surface area contributed by atoms with E-state index in [1.165, 1.54) is 18.3 Å². The summed E-state index contributed by atoms with van der Waals surface area (Å²) < 4.78 is 44.8. The van der Waals surface area contributed by atoms with Crippen LogP contribution in [0.4, 0.5) is 37.6 Å². The standard InChI is InChI=1S/C26H32ClF2N7OS/c1-15-13-31-25(33-17-10-19(28)22(20(29)11-17)16-6-8-36(5)9-7-16)34-24(15)32-18-12-21(23(27)30-14-18)35-38(37)26(2,3)4/h10-14,16,35H,6-9H2,1-5H3,(H2,31,32,33,34). The van der Waals surface area contributed by atoms with Crippen molar-refractivity contribution in [2.75, 3.05) is 35.5 Å². The number of pyridine rings is 1. The second-order valence-corrected chi connectivity index (χ2v) is 12.8. The first-order valence-electron chi connectivity index (χ1n) is 12.3. The number of rotatable bonds is 7. The maximum Gasteiger partial charge on any atom is 0.229 e. The van der Waals surface area contributed by atoms with Crippen LogP contribution in [0.3, 0.4) is 0 Å². The number of halogens is 3. The quantitative estimate of drug-likeness (QED) is 0.291. The van der Waals surface area contributed by atoms with Crippen LogP contribution in [0.1, 0.15) is 50.7 Å². The van der Waals surface area contributed by atoms with Crippen molar-refractivity contribution in [3.63, 3.8) is 0 Å². The van der Waals surface area contributed by atoms with E-state index in [0.29, 0.717) is 17.2 Å². The Morgan fingerprint density at radius 2 is 1.68 bits per heavy atom. The van der Waals surface area contributed by atoms with Crippen LogP contribution in [-0.4, -0.2) is 48.9 Å². The number of piperidine rings is 1. The second kappa shape index (κ2) is 11.5. The van der Waals surface area contributed by atoms with E-state index >= 15 is 0 Å². The number of likely N-dealkylation sites (tertiary alicyclic amines) is 1. The van der Waals surface area contributed by atoms with Gasteiger partial charge in [0.05, 0.1) is 22.3 Å². The van der Waals surface area contributed by atoms with Crippen LogP contribution in [0, 0.1) is 18.6 Å². The third kappa shape index (κ3) is 6.75. The third-order valence-corrected chi connectivity index (χ3v) is 8.11. The van der Waals surface area contributed by atoms with E-state index in [2.05, 4.69) is 35.2 Å². The number of nitrogens with one attached hydrogen (secondary N) is 3. The van der Waals surface area contributed by atoms with Gasteiger partial charge in [-0.05, 0) is 84.8 Å². The number of hydrogen-bond acceptors (Lipinski definition) is 7. The Bertz CT molecular complexity index is 1320. The summed E-state index contributed by atoms with van der Waals surface area (Å²) in [6.45, 7) is 8.98. The Labute approximate surface area is 229 Å². The van der Waals surface area contributed by atoms with Crippen molar-refractivity contribution >= 4 is 51.4 Å². The fraction of sp³-hybridized carbons (Fsp3) is 0.423. The zero-order valence-electron chi connectivity index (χ0n) is 22.0. The molecule has 1 saturated heterocycles. The van der Waals surface area contributed by atoms with Crippen molar-refractivity contribution in [1.29, 1.82) is 0 Å². The number of nitrogens with zero attached hydrogens (tertiary/aromatic N) is 4. The van der Waals surface area contributed by atoms with E-state index in [1.807, 2.05) is 34.7 Å². The predicted molar refractivity (Wildman–Crippen MR) is 150 cm³/mol. The highest BCUT2D eigenvalue weighted by Crippen LogP contribution is 2.34. The Balaban J connectivity index is 1.52. The highest BCUT2D eigenvalue weighted by Gasteiger charge is 2.25. The Hall–Kier alpha value is -2.89. The SMILES string of the molecule is Cc1cnc(Nc2cc(F)c(C3CCN(C)CC3)c(F)c2)nc1Nc1cnc(Cl)c(NS(=O)C(C)(C)C)c1. The topological polar surface area (TPSA) is 95.1 Å². The van der Waals surface area contributed by atoms with Gasteiger partial charge in [-0.25, -0.2) is 23.0 Å². The van der Waals surface area contributed by atoms with Gasteiger partial charge in [0.25, 0.3) is 0 Å². The molecule has 8 nitrogen and oxygen atoms in total. The summed E-state index contributed by atoms with van der Waals surface area (Å²) in [5, 5.41) is 6.24. The van der Waals surface area contributed by atoms with Crippen molar-refractivity contribution in [3.05, 3.63) is 58.5 Å². The number of aryl methyl sites for hydroxylation is 1. The maximum atomic E-state index is 15.0. The molecule has 4 rings (SSSR count). The summed E-state index contributed by atoms with van der Waals surface area (Å²) in [6.07, 6.45) is 4.55. The predicted octanol–water partition coefficient (Wildman–Crippen LogP) is 6.28. The number of benzene rings is 1. The normalized spacial score (nSPS) is 15.8. The molecule has 1 aromatic carbocycles. The summed E-state index contributed by atoms with van der Waals surface area (Å²) in [5.41, 5.74) is 2.05. The molecule has 1 aliphatic rings. The average molecular weight is 564 g/mol. The molecule has 12 heteroatoms. The third-order valence-electron chi connectivity index (χ3n) is 6.29. The van der Waals surface area contributed by atoms with Crippen LogP contribution in [0.2, 0.25) is 5.15 Å². The lowest BCUT2D eigenvalue weighted by atomic mass is 9.88. The monoisotopic (exact) mass is 563 g/mol. The van der Waals surface area contributed by atoms with Gasteiger partial charge in [0.15, 0.2) is 5.15 Å². The van der Waals surface area contributed by atoms with E-state index < -0.39 is 27.4 Å². The van der Waals surface area contributed by atoms with Crippen LogP contribution >= 0.6 is 11.6 Å². The minimum Gasteiger partial charge on any atom is -0.339 e. The summed E-state index contributed by atoms with van der Waals surface area (Å²) in [4.78, 5) is 15.0. The van der Waals surface area contributed by atoms with Gasteiger partial charge in [0.1, 0.15) is 28.4 Å². The van der Waals surface area contributed by atoms with Crippen LogP contribution in [0.15, 0.2) is 30.6 Å². The fourth-order valence-electron chi connectivity index (χ4n) is 4.08. The van der Waals surface area contributed by atoms with Crippen molar-refractivity contribution in [1.82, 2.24) is 19.9 Å². The number of anilines is 5. The lowest BCUT2D eigenvalue weighted by Gasteiger charge is -2.29. The van der Waals surface area contributed by atoms with Crippen LogP contribution in [0.25, 0.3) is 0 Å². The number of aromatic nitrogens is 3. The summed E-state index contributed by atoms with van der Waals surface area (Å²) in [6, 6.07) is 4.24. The van der Waals surface area contributed by atoms with Gasteiger partial charge in [-0.15, -0.1) is 0 Å². The van der Waals surface area contributed by atoms with Gasteiger partial charge >= 0.3 is 0 Å². The van der Waals surface area contributed by atoms with Crippen LogP contribution < -0.4 is 15.4 Å². The first kappa shape index (κ1) is 28.1. The van der Waals surface area contributed by atoms with E-state index in [4.69, 9.17) is 11.6 Å². The van der Waals surface area contributed by atoms with E-state index in [9.17, 15) is 13.0 Å². The molecule has 0 aliphatic carbocycles. The second-order valence-electron chi connectivity index (χ2n) is 10.5. The van der Waals surface area contributed by atoms with Crippen LogP contribution in [-0.2, 0) is 11.0 Å². The lowest BCUT2D eigenvalue weighted by molar-refractivity contribution is 0.250. The van der Waals surface area contributed by atoms with Gasteiger partial charge < -0.3 is 20.3 Å². The van der Waals surface area contributed by atoms with E-state index in [1.54, 1.807) is 12.3 Å². The van der Waals surface area contributed by atoms with Crippen molar-refractivity contribution in [2.24, 2.45) is 0 Å². The molecule has 3 aromatic rings. The van der Waals surface area contributed by atoms with Gasteiger partial charge in [-0.3, -0.25) is 0 Å². The van der Waals surface area contributed by atoms with Crippen molar-refractivity contribution in [2.45, 2.75) is 51.2 Å². The lowest BCUT2D eigenvalue weighted by Crippen LogP contribution is -2.30. The molecule has 0 saturated carbocycles. The molecule has 204 valence electrons. The summed E-state index contributed by atoms with van der Waals surface area (Å²) in [5.74, 6) is -0.670. The van der Waals surface area contributed by atoms with Crippen molar-refractivity contribution in [3.8, 4) is 0 Å². The molecule has 1 unspecified atom stereocenters.